The molecule has 15 heavy (non-hydrogen) atoms. The minimum absolute atomic E-state index is 0.123. The largest absolute Gasteiger partial charge is 0.317 e. The van der Waals surface area contributed by atoms with Crippen LogP contribution in [0.3, 0.4) is 0 Å². The van der Waals surface area contributed by atoms with Gasteiger partial charge in [0.05, 0.1) is 0 Å². The van der Waals surface area contributed by atoms with E-state index in [9.17, 15) is 4.39 Å². The van der Waals surface area contributed by atoms with Gasteiger partial charge in [-0.25, -0.2) is 4.39 Å². The molecule has 0 heterocycles. The molecule has 0 aliphatic carbocycles. The van der Waals surface area contributed by atoms with E-state index in [-0.39, 0.29) is 5.82 Å². The zero-order valence-corrected chi connectivity index (χ0v) is 9.65. The molecule has 0 unspecified atom stereocenters. The van der Waals surface area contributed by atoms with Gasteiger partial charge in [-0.1, -0.05) is 13.0 Å². The topological polar surface area (TPSA) is 12.0 Å². The van der Waals surface area contributed by atoms with Crippen molar-refractivity contribution in [2.75, 3.05) is 13.1 Å². The second-order valence-corrected chi connectivity index (χ2v) is 3.88. The van der Waals surface area contributed by atoms with E-state index in [0.29, 0.717) is 0 Å². The highest BCUT2D eigenvalue weighted by atomic mass is 19.1. The van der Waals surface area contributed by atoms with Gasteiger partial charge in [-0.3, -0.25) is 0 Å². The van der Waals surface area contributed by atoms with Crippen LogP contribution in [-0.2, 0) is 6.42 Å². The van der Waals surface area contributed by atoms with Crippen molar-refractivity contribution >= 4 is 0 Å². The summed E-state index contributed by atoms with van der Waals surface area (Å²) in [6.45, 7) is 6.24. The fourth-order valence-corrected chi connectivity index (χ4v) is 1.65. The van der Waals surface area contributed by atoms with Crippen LogP contribution in [0.25, 0.3) is 0 Å². The fraction of sp³-hybridized carbons (Fsp3) is 0.538. The van der Waals surface area contributed by atoms with Crippen LogP contribution in [0.4, 0.5) is 4.39 Å². The first-order valence-corrected chi connectivity index (χ1v) is 5.69. The Hall–Kier alpha value is -0.890. The van der Waals surface area contributed by atoms with Gasteiger partial charge in [0.1, 0.15) is 5.82 Å². The summed E-state index contributed by atoms with van der Waals surface area (Å²) in [4.78, 5) is 0. The minimum Gasteiger partial charge on any atom is -0.317 e. The third-order valence-corrected chi connectivity index (χ3v) is 2.61. The molecule has 0 spiro atoms. The third kappa shape index (κ3) is 4.43. The summed E-state index contributed by atoms with van der Waals surface area (Å²) in [6.07, 6.45) is 3.26. The highest BCUT2D eigenvalue weighted by Crippen LogP contribution is 2.12. The zero-order chi connectivity index (χ0) is 11.1. The molecule has 2 heteroatoms. The number of hydrogen-bond acceptors (Lipinski definition) is 1. The summed E-state index contributed by atoms with van der Waals surface area (Å²) >= 11 is 0. The molecule has 0 fully saturated rings. The van der Waals surface area contributed by atoms with Crippen molar-refractivity contribution in [3.63, 3.8) is 0 Å². The molecular formula is C13H20FN. The number of nitrogens with one attached hydrogen (secondary N) is 1. The molecule has 0 saturated carbocycles. The lowest BCUT2D eigenvalue weighted by atomic mass is 10.0. The van der Waals surface area contributed by atoms with E-state index in [4.69, 9.17) is 0 Å². The van der Waals surface area contributed by atoms with Crippen molar-refractivity contribution in [1.82, 2.24) is 5.32 Å². The molecule has 84 valence electrons. The molecule has 1 nitrogen and oxygen atoms in total. The van der Waals surface area contributed by atoms with Gasteiger partial charge in [-0.15, -0.1) is 0 Å². The first-order chi connectivity index (χ1) is 7.24. The number of unbranched alkanes of at least 4 members (excludes halogenated alkanes) is 1. The van der Waals surface area contributed by atoms with E-state index in [0.717, 1.165) is 37.9 Å². The Kier molecular flexibility index (Phi) is 5.33. The van der Waals surface area contributed by atoms with Crippen molar-refractivity contribution < 1.29 is 4.39 Å². The Morgan fingerprint density at radius 3 is 2.80 bits per heavy atom. The number of hydrogen-bond donors (Lipinski definition) is 1. The Bertz CT molecular complexity index is 297. The van der Waals surface area contributed by atoms with E-state index in [2.05, 4.69) is 12.2 Å². The standard InChI is InChI=1S/C13H20FN/c1-3-15-9-5-4-6-12-10-13(14)8-7-11(12)2/h7-8,10,15H,3-6,9H2,1-2H3. The van der Waals surface area contributed by atoms with Gasteiger partial charge in [0, 0.05) is 0 Å². The molecule has 1 rings (SSSR count). The number of rotatable bonds is 6. The predicted molar refractivity (Wildman–Crippen MR) is 62.6 cm³/mol. The van der Waals surface area contributed by atoms with Crippen molar-refractivity contribution in [2.24, 2.45) is 0 Å². The molecule has 0 aliphatic heterocycles. The maximum absolute atomic E-state index is 13.0. The highest BCUT2D eigenvalue weighted by Gasteiger charge is 1.99. The van der Waals surface area contributed by atoms with Crippen LogP contribution in [0.2, 0.25) is 0 Å². The first-order valence-electron chi connectivity index (χ1n) is 5.69. The Morgan fingerprint density at radius 1 is 1.27 bits per heavy atom. The van der Waals surface area contributed by atoms with Crippen LogP contribution in [0.1, 0.15) is 30.9 Å². The molecule has 0 radical (unpaired) electrons. The van der Waals surface area contributed by atoms with Crippen molar-refractivity contribution in [3.8, 4) is 0 Å². The van der Waals surface area contributed by atoms with Crippen molar-refractivity contribution in [3.05, 3.63) is 35.1 Å². The Morgan fingerprint density at radius 2 is 2.07 bits per heavy atom. The van der Waals surface area contributed by atoms with Crippen molar-refractivity contribution in [2.45, 2.75) is 33.1 Å². The van der Waals surface area contributed by atoms with Crippen LogP contribution in [0, 0.1) is 12.7 Å². The van der Waals surface area contributed by atoms with Crippen LogP contribution in [-0.4, -0.2) is 13.1 Å². The van der Waals surface area contributed by atoms with Crippen LogP contribution in [0.5, 0.6) is 0 Å². The smallest absolute Gasteiger partial charge is 0.123 e. The van der Waals surface area contributed by atoms with Crippen LogP contribution < -0.4 is 5.32 Å². The summed E-state index contributed by atoms with van der Waals surface area (Å²) < 4.78 is 13.0. The number of halogens is 1. The molecule has 0 aliphatic rings. The van der Waals surface area contributed by atoms with Crippen LogP contribution >= 0.6 is 0 Å². The summed E-state index contributed by atoms with van der Waals surface area (Å²) in [7, 11) is 0. The van der Waals surface area contributed by atoms with E-state index in [1.54, 1.807) is 6.07 Å². The normalized spacial score (nSPS) is 10.6. The summed E-state index contributed by atoms with van der Waals surface area (Å²) in [5.41, 5.74) is 2.34. The van der Waals surface area contributed by atoms with Gasteiger partial charge in [0.2, 0.25) is 0 Å². The Labute approximate surface area is 91.7 Å². The average molecular weight is 209 g/mol. The Balaban J connectivity index is 2.33. The molecule has 1 N–H and O–H groups in total. The van der Waals surface area contributed by atoms with Gasteiger partial charge in [-0.05, 0) is 62.5 Å². The van der Waals surface area contributed by atoms with E-state index < -0.39 is 0 Å². The van der Waals surface area contributed by atoms with Crippen LogP contribution in [0.15, 0.2) is 18.2 Å². The minimum atomic E-state index is -0.123. The van der Waals surface area contributed by atoms with E-state index in [1.165, 1.54) is 11.6 Å². The SMILES string of the molecule is CCNCCCCc1cc(F)ccc1C. The first kappa shape index (κ1) is 12.2. The molecule has 0 saturated heterocycles. The van der Waals surface area contributed by atoms with E-state index in [1.807, 2.05) is 13.0 Å². The zero-order valence-electron chi connectivity index (χ0n) is 9.65. The quantitative estimate of drug-likeness (QED) is 0.710. The van der Waals surface area contributed by atoms with Gasteiger partial charge in [0.15, 0.2) is 0 Å². The van der Waals surface area contributed by atoms with Crippen molar-refractivity contribution in [1.29, 1.82) is 0 Å². The molecule has 1 aromatic carbocycles. The van der Waals surface area contributed by atoms with Gasteiger partial charge in [0.25, 0.3) is 0 Å². The van der Waals surface area contributed by atoms with Gasteiger partial charge in [-0.2, -0.15) is 0 Å². The highest BCUT2D eigenvalue weighted by molar-refractivity contribution is 5.26. The lowest BCUT2D eigenvalue weighted by molar-refractivity contribution is 0.617. The van der Waals surface area contributed by atoms with Gasteiger partial charge >= 0.3 is 0 Å². The molecule has 0 aromatic heterocycles. The predicted octanol–water partition coefficient (Wildman–Crippen LogP) is 3.07. The van der Waals surface area contributed by atoms with E-state index >= 15 is 0 Å². The van der Waals surface area contributed by atoms with Gasteiger partial charge < -0.3 is 5.32 Å². The molecule has 0 amide bonds. The number of benzene rings is 1. The average Bonchev–Trinajstić information content (AvgIpc) is 2.23. The second-order valence-electron chi connectivity index (χ2n) is 3.88. The third-order valence-electron chi connectivity index (χ3n) is 2.61. The fourth-order valence-electron chi connectivity index (χ4n) is 1.65. The maximum atomic E-state index is 13.0. The lowest BCUT2D eigenvalue weighted by Gasteiger charge is -2.06. The molecule has 0 atom stereocenters. The summed E-state index contributed by atoms with van der Waals surface area (Å²) in [5, 5.41) is 3.29. The summed E-state index contributed by atoms with van der Waals surface area (Å²) in [5.74, 6) is -0.123. The molecule has 0 bridgehead atoms. The second kappa shape index (κ2) is 6.57. The summed E-state index contributed by atoms with van der Waals surface area (Å²) in [6, 6.07) is 5.04. The lowest BCUT2D eigenvalue weighted by Crippen LogP contribution is -2.14. The number of aryl methyl sites for hydroxylation is 2. The maximum Gasteiger partial charge on any atom is 0.123 e. The molecule has 1 aromatic rings. The molecular weight excluding hydrogens is 189 g/mol. The monoisotopic (exact) mass is 209 g/mol.